The molecule has 2 N–H and O–H groups in total. The molecule has 0 aliphatic carbocycles. The molecule has 0 bridgehead atoms. The number of nitrogen functional groups attached to an aromatic ring is 1. The van der Waals surface area contributed by atoms with Crippen LogP contribution in [0, 0.1) is 0 Å². The molecule has 28 heavy (non-hydrogen) atoms. The molecule has 0 aliphatic rings. The van der Waals surface area contributed by atoms with Gasteiger partial charge in [0.05, 0.1) is 27.8 Å². The fourth-order valence-electron chi connectivity index (χ4n) is 2.80. The van der Waals surface area contributed by atoms with Crippen LogP contribution in [0.4, 0.5) is 18.9 Å². The minimum absolute atomic E-state index is 0.0756. The molecule has 3 aromatic rings. The molecular formula is C18H20F3N3O2S2. The van der Waals surface area contributed by atoms with Crippen molar-refractivity contribution in [1.82, 2.24) is 9.97 Å². The molecular weight excluding hydrogens is 411 g/mol. The second-order valence-corrected chi connectivity index (χ2v) is 10.6. The highest BCUT2D eigenvalue weighted by Gasteiger charge is 2.37. The van der Waals surface area contributed by atoms with Gasteiger partial charge in [-0.05, 0) is 24.5 Å². The minimum atomic E-state index is -4.57. The molecule has 10 heteroatoms. The minimum Gasteiger partial charge on any atom is -0.397 e. The van der Waals surface area contributed by atoms with Gasteiger partial charge in [-0.1, -0.05) is 10.3 Å². The first-order valence-corrected chi connectivity index (χ1v) is 11.2. The Morgan fingerprint density at radius 3 is 2.61 bits per heavy atom. The lowest BCUT2D eigenvalue weighted by molar-refractivity contribution is -0.136. The molecule has 3 heterocycles. The monoisotopic (exact) mass is 431 g/mol. The van der Waals surface area contributed by atoms with E-state index in [0.717, 1.165) is 17.4 Å². The third-order valence-corrected chi connectivity index (χ3v) is 9.25. The number of ether oxygens (including phenoxy) is 1. The first-order chi connectivity index (χ1) is 13.2. The average molecular weight is 432 g/mol. The van der Waals surface area contributed by atoms with Crippen molar-refractivity contribution in [2.45, 2.75) is 10.4 Å². The standard InChI is InChI=1S/C18H20F3N3O2S2/c1-25-7-8-28(3,26-2)17-15(22)14-12(18(19,20)21)9-13(24-16(14)27-17)11-5-4-6-23-10-11/h4-6,9-10H,7-8,22H2,1-3H3. The van der Waals surface area contributed by atoms with Crippen LogP contribution in [-0.2, 0) is 15.1 Å². The molecule has 0 saturated heterocycles. The average Bonchev–Trinajstić information content (AvgIpc) is 3.02. The second-order valence-electron chi connectivity index (χ2n) is 6.15. The Kier molecular flexibility index (Phi) is 5.85. The van der Waals surface area contributed by atoms with Crippen molar-refractivity contribution < 1.29 is 22.1 Å². The number of nitrogens with two attached hydrogens (primary N) is 1. The summed E-state index contributed by atoms with van der Waals surface area (Å²) in [4.78, 5) is 8.65. The summed E-state index contributed by atoms with van der Waals surface area (Å²) in [7, 11) is 1.20. The van der Waals surface area contributed by atoms with Gasteiger partial charge in [-0.2, -0.15) is 13.2 Å². The van der Waals surface area contributed by atoms with Crippen LogP contribution in [0.5, 0.6) is 0 Å². The summed E-state index contributed by atoms with van der Waals surface area (Å²) in [6, 6.07) is 4.35. The molecule has 0 saturated carbocycles. The van der Waals surface area contributed by atoms with Crippen molar-refractivity contribution >= 4 is 37.5 Å². The van der Waals surface area contributed by atoms with E-state index in [1.807, 2.05) is 6.26 Å². The van der Waals surface area contributed by atoms with E-state index < -0.39 is 22.0 Å². The Hall–Kier alpha value is -1.88. The number of aromatic nitrogens is 2. The molecule has 0 radical (unpaired) electrons. The highest BCUT2D eigenvalue weighted by molar-refractivity contribution is 8.30. The van der Waals surface area contributed by atoms with E-state index in [1.165, 1.54) is 13.3 Å². The Morgan fingerprint density at radius 1 is 1.29 bits per heavy atom. The largest absolute Gasteiger partial charge is 0.417 e. The SMILES string of the molecule is COCCS(C)(OC)c1sc2nc(-c3cccnc3)cc(C(F)(F)F)c2c1N. The Balaban J connectivity index is 2.28. The number of nitrogens with zero attached hydrogens (tertiary/aromatic N) is 2. The zero-order valence-corrected chi connectivity index (χ0v) is 17.2. The number of rotatable bonds is 6. The summed E-state index contributed by atoms with van der Waals surface area (Å²) in [5, 5.41) is -0.0756. The predicted molar refractivity (Wildman–Crippen MR) is 108 cm³/mol. The van der Waals surface area contributed by atoms with Gasteiger partial charge in [0.1, 0.15) is 4.83 Å². The van der Waals surface area contributed by atoms with E-state index >= 15 is 0 Å². The van der Waals surface area contributed by atoms with Gasteiger partial charge in [-0.15, -0.1) is 11.3 Å². The van der Waals surface area contributed by atoms with E-state index in [2.05, 4.69) is 9.97 Å². The Labute approximate surface area is 166 Å². The lowest BCUT2D eigenvalue weighted by atomic mass is 10.1. The Morgan fingerprint density at radius 2 is 2.04 bits per heavy atom. The molecule has 3 aromatic heterocycles. The van der Waals surface area contributed by atoms with Crippen molar-refractivity contribution in [3.05, 3.63) is 36.2 Å². The third kappa shape index (κ3) is 3.82. The summed E-state index contributed by atoms with van der Waals surface area (Å²) in [6.07, 6.45) is 0.324. The summed E-state index contributed by atoms with van der Waals surface area (Å²) >= 11 is 1.14. The van der Waals surface area contributed by atoms with Crippen molar-refractivity contribution in [2.75, 3.05) is 38.6 Å². The van der Waals surface area contributed by atoms with Crippen LogP contribution in [0.15, 0.2) is 34.8 Å². The van der Waals surface area contributed by atoms with Crippen LogP contribution < -0.4 is 5.73 Å². The number of hydrogen-bond donors (Lipinski definition) is 1. The van der Waals surface area contributed by atoms with E-state index in [1.54, 1.807) is 25.4 Å². The summed E-state index contributed by atoms with van der Waals surface area (Å²) < 4.78 is 52.9. The molecule has 3 rings (SSSR count). The van der Waals surface area contributed by atoms with Crippen molar-refractivity contribution in [2.24, 2.45) is 0 Å². The van der Waals surface area contributed by atoms with Gasteiger partial charge < -0.3 is 14.7 Å². The lowest BCUT2D eigenvalue weighted by Gasteiger charge is -2.33. The van der Waals surface area contributed by atoms with Crippen molar-refractivity contribution in [3.8, 4) is 11.3 Å². The molecule has 1 atom stereocenters. The molecule has 0 spiro atoms. The van der Waals surface area contributed by atoms with E-state index in [0.29, 0.717) is 22.1 Å². The van der Waals surface area contributed by atoms with Crippen LogP contribution in [-0.4, -0.2) is 42.8 Å². The number of thiophene rings is 1. The molecule has 152 valence electrons. The van der Waals surface area contributed by atoms with Gasteiger partial charge >= 0.3 is 6.18 Å². The smallest absolute Gasteiger partial charge is 0.397 e. The lowest BCUT2D eigenvalue weighted by Crippen LogP contribution is -2.11. The summed E-state index contributed by atoms with van der Waals surface area (Å²) in [5.74, 6) is 0.522. The summed E-state index contributed by atoms with van der Waals surface area (Å²) in [5.41, 5.74) is 6.19. The van der Waals surface area contributed by atoms with Crippen LogP contribution in [0.2, 0.25) is 0 Å². The highest BCUT2D eigenvalue weighted by atomic mass is 32.3. The number of anilines is 1. The second kappa shape index (κ2) is 7.86. The topological polar surface area (TPSA) is 70.3 Å². The molecule has 1 unspecified atom stereocenters. The number of fused-ring (bicyclic) bond motifs is 1. The quantitative estimate of drug-likeness (QED) is 0.597. The van der Waals surface area contributed by atoms with E-state index in [9.17, 15) is 13.2 Å². The molecule has 5 nitrogen and oxygen atoms in total. The van der Waals surface area contributed by atoms with Crippen LogP contribution in [0.1, 0.15) is 5.56 Å². The number of hydrogen-bond acceptors (Lipinski definition) is 6. The van der Waals surface area contributed by atoms with Crippen LogP contribution in [0.3, 0.4) is 0 Å². The van der Waals surface area contributed by atoms with E-state index in [-0.39, 0.29) is 21.6 Å². The summed E-state index contributed by atoms with van der Waals surface area (Å²) in [6.45, 7) is 0.411. The first kappa shape index (κ1) is 20.8. The predicted octanol–water partition coefficient (Wildman–Crippen LogP) is 4.96. The fraction of sp³-hybridized carbons (Fsp3) is 0.333. The third-order valence-electron chi connectivity index (χ3n) is 4.36. The number of methoxy groups -OCH3 is 1. The number of halogens is 3. The van der Waals surface area contributed by atoms with E-state index in [4.69, 9.17) is 14.7 Å². The first-order valence-electron chi connectivity index (χ1n) is 8.22. The normalized spacial score (nSPS) is 15.5. The van der Waals surface area contributed by atoms with Gasteiger partial charge in [-0.3, -0.25) is 4.98 Å². The number of pyridine rings is 2. The van der Waals surface area contributed by atoms with Crippen molar-refractivity contribution in [1.29, 1.82) is 0 Å². The maximum absolute atomic E-state index is 13.8. The highest BCUT2D eigenvalue weighted by Crippen LogP contribution is 2.60. The van der Waals surface area contributed by atoms with Gasteiger partial charge in [0.25, 0.3) is 0 Å². The molecule has 0 aromatic carbocycles. The Bertz CT molecular complexity index is 980. The zero-order chi connectivity index (χ0) is 20.5. The van der Waals surface area contributed by atoms with Gasteiger partial charge in [0, 0.05) is 43.3 Å². The molecule has 0 amide bonds. The molecule has 0 fully saturated rings. The van der Waals surface area contributed by atoms with Crippen LogP contribution >= 0.6 is 21.6 Å². The maximum atomic E-state index is 13.8. The number of alkyl halides is 3. The van der Waals surface area contributed by atoms with Gasteiger partial charge in [0.15, 0.2) is 0 Å². The van der Waals surface area contributed by atoms with Gasteiger partial charge in [0.2, 0.25) is 0 Å². The molecule has 0 aliphatic heterocycles. The zero-order valence-electron chi connectivity index (χ0n) is 15.5. The van der Waals surface area contributed by atoms with Crippen molar-refractivity contribution in [3.63, 3.8) is 0 Å². The fourth-order valence-corrected chi connectivity index (χ4v) is 6.61. The maximum Gasteiger partial charge on any atom is 0.417 e. The van der Waals surface area contributed by atoms with Gasteiger partial charge in [-0.25, -0.2) is 4.98 Å². The van der Waals surface area contributed by atoms with Crippen LogP contribution in [0.25, 0.3) is 21.5 Å².